The van der Waals surface area contributed by atoms with Gasteiger partial charge >= 0.3 is 6.18 Å². The zero-order valence-corrected chi connectivity index (χ0v) is 11.4. The predicted molar refractivity (Wildman–Crippen MR) is 68.9 cm³/mol. The van der Waals surface area contributed by atoms with Crippen molar-refractivity contribution in [1.82, 2.24) is 0 Å². The van der Waals surface area contributed by atoms with Crippen molar-refractivity contribution in [2.45, 2.75) is 48.0 Å². The maximum atomic E-state index is 13.3. The average molecular weight is 306 g/mol. The van der Waals surface area contributed by atoms with Crippen molar-refractivity contribution < 1.29 is 22.7 Å². The first kappa shape index (κ1) is 14.2. The Kier molecular flexibility index (Phi) is 3.29. The highest BCUT2D eigenvalue weighted by Crippen LogP contribution is 2.51. The molecule has 2 aliphatic heterocycles. The van der Waals surface area contributed by atoms with E-state index in [1.165, 1.54) is 6.07 Å². The lowest BCUT2D eigenvalue weighted by Gasteiger charge is -2.36. The molecule has 1 aromatic rings. The van der Waals surface area contributed by atoms with Gasteiger partial charge in [-0.1, -0.05) is 6.07 Å². The van der Waals surface area contributed by atoms with Gasteiger partial charge in [0.15, 0.2) is 0 Å². The third-order valence-corrected chi connectivity index (χ3v) is 5.71. The average Bonchev–Trinajstić information content (AvgIpc) is 2.68. The largest absolute Gasteiger partial charge is 0.419 e. The fourth-order valence-corrected chi connectivity index (χ4v) is 5.02. The Morgan fingerprint density at radius 1 is 1.15 bits per heavy atom. The molecular weight excluding hydrogens is 292 g/mol. The molecule has 0 radical (unpaired) electrons. The lowest BCUT2D eigenvalue weighted by molar-refractivity contribution is -0.140. The summed E-state index contributed by atoms with van der Waals surface area (Å²) in [5, 5.41) is 11.3. The van der Waals surface area contributed by atoms with Gasteiger partial charge in [-0.25, -0.2) is 4.39 Å². The van der Waals surface area contributed by atoms with Crippen LogP contribution in [0.25, 0.3) is 0 Å². The summed E-state index contributed by atoms with van der Waals surface area (Å²) in [5.74, 6) is -1.29. The van der Waals surface area contributed by atoms with Crippen LogP contribution in [0, 0.1) is 5.82 Å². The van der Waals surface area contributed by atoms with Gasteiger partial charge in [-0.05, 0) is 43.4 Å². The van der Waals surface area contributed by atoms with Gasteiger partial charge in [-0.15, -0.1) is 0 Å². The summed E-state index contributed by atoms with van der Waals surface area (Å²) in [4.78, 5) is 0. The molecule has 1 aromatic carbocycles. The molecule has 2 fully saturated rings. The monoisotopic (exact) mass is 306 g/mol. The molecule has 1 N–H and O–H groups in total. The number of hydrogen-bond donors (Lipinski definition) is 1. The van der Waals surface area contributed by atoms with E-state index in [-0.39, 0.29) is 16.1 Å². The Balaban J connectivity index is 1.98. The second-order valence-corrected chi connectivity index (χ2v) is 7.20. The highest BCUT2D eigenvalue weighted by molar-refractivity contribution is 8.00. The Hall–Kier alpha value is -0.750. The molecule has 2 bridgehead atoms. The molecule has 0 spiro atoms. The van der Waals surface area contributed by atoms with Gasteiger partial charge in [0.25, 0.3) is 0 Å². The smallest absolute Gasteiger partial charge is 0.385 e. The second-order valence-electron chi connectivity index (χ2n) is 5.59. The standard InChI is InChI=1S/C14H14F4OS/c15-12-4-1-8(5-11(12)14(16,17)18)13(19)6-9-2-3-10(7-13)20-9/h1,4-5,9-10,19H,2-3,6-7H2. The Labute approximate surface area is 118 Å². The molecule has 3 rings (SSSR count). The Morgan fingerprint density at radius 3 is 2.30 bits per heavy atom. The number of alkyl halides is 3. The molecule has 0 aromatic heterocycles. The molecule has 20 heavy (non-hydrogen) atoms. The first-order chi connectivity index (χ1) is 9.28. The van der Waals surface area contributed by atoms with Crippen molar-refractivity contribution >= 4 is 11.8 Å². The van der Waals surface area contributed by atoms with E-state index in [2.05, 4.69) is 0 Å². The molecular formula is C14H14F4OS. The molecule has 2 heterocycles. The summed E-state index contributed by atoms with van der Waals surface area (Å²) in [6.45, 7) is 0. The number of rotatable bonds is 1. The van der Waals surface area contributed by atoms with Gasteiger partial charge in [0.2, 0.25) is 0 Å². The quantitative estimate of drug-likeness (QED) is 0.789. The SMILES string of the molecule is OC1(c2ccc(F)c(C(F)(F)F)c2)CC2CCC(C1)S2. The maximum absolute atomic E-state index is 13.3. The number of fused-ring (bicyclic) bond motifs is 2. The van der Waals surface area contributed by atoms with E-state index >= 15 is 0 Å². The normalized spacial score (nSPS) is 33.5. The highest BCUT2D eigenvalue weighted by atomic mass is 32.2. The topological polar surface area (TPSA) is 20.2 Å². The van der Waals surface area contributed by atoms with Gasteiger partial charge in [-0.3, -0.25) is 0 Å². The first-order valence-electron chi connectivity index (χ1n) is 6.53. The number of aliphatic hydroxyl groups is 1. The van der Waals surface area contributed by atoms with Crippen LogP contribution in [-0.2, 0) is 11.8 Å². The summed E-state index contributed by atoms with van der Waals surface area (Å²) >= 11 is 1.81. The first-order valence-corrected chi connectivity index (χ1v) is 7.47. The van der Waals surface area contributed by atoms with E-state index in [0.29, 0.717) is 12.8 Å². The van der Waals surface area contributed by atoms with Crippen LogP contribution in [0.15, 0.2) is 18.2 Å². The molecule has 1 nitrogen and oxygen atoms in total. The highest BCUT2D eigenvalue weighted by Gasteiger charge is 2.45. The van der Waals surface area contributed by atoms with E-state index in [4.69, 9.17) is 0 Å². The molecule has 110 valence electrons. The summed E-state index contributed by atoms with van der Waals surface area (Å²) in [6.07, 6.45) is -1.87. The predicted octanol–water partition coefficient (Wildman–Crippen LogP) is 4.09. The van der Waals surface area contributed by atoms with E-state index < -0.39 is 23.2 Å². The maximum Gasteiger partial charge on any atom is 0.419 e. The van der Waals surface area contributed by atoms with Crippen molar-refractivity contribution in [3.8, 4) is 0 Å². The lowest BCUT2D eigenvalue weighted by atomic mass is 9.85. The fourth-order valence-electron chi connectivity index (χ4n) is 3.18. The van der Waals surface area contributed by atoms with Gasteiger partial charge in [0, 0.05) is 10.5 Å². The molecule has 2 aliphatic rings. The fraction of sp³-hybridized carbons (Fsp3) is 0.571. The van der Waals surface area contributed by atoms with Crippen LogP contribution in [0.4, 0.5) is 17.6 Å². The molecule has 2 saturated heterocycles. The van der Waals surface area contributed by atoms with Crippen molar-refractivity contribution in [3.05, 3.63) is 35.1 Å². The summed E-state index contributed by atoms with van der Waals surface area (Å²) in [5.41, 5.74) is -2.37. The van der Waals surface area contributed by atoms with Crippen LogP contribution in [0.3, 0.4) is 0 Å². The molecule has 0 amide bonds. The molecule has 0 saturated carbocycles. The van der Waals surface area contributed by atoms with Crippen LogP contribution < -0.4 is 0 Å². The summed E-state index contributed by atoms with van der Waals surface area (Å²) < 4.78 is 51.6. The van der Waals surface area contributed by atoms with Gasteiger partial charge < -0.3 is 5.11 Å². The van der Waals surface area contributed by atoms with Crippen LogP contribution in [0.1, 0.15) is 36.8 Å². The third-order valence-electron chi connectivity index (χ3n) is 4.14. The van der Waals surface area contributed by atoms with Gasteiger partial charge in [0.05, 0.1) is 11.2 Å². The molecule has 6 heteroatoms. The zero-order valence-electron chi connectivity index (χ0n) is 10.6. The molecule has 2 atom stereocenters. The minimum Gasteiger partial charge on any atom is -0.385 e. The van der Waals surface area contributed by atoms with Crippen LogP contribution in [0.2, 0.25) is 0 Å². The second kappa shape index (κ2) is 4.63. The van der Waals surface area contributed by atoms with E-state index in [0.717, 1.165) is 25.0 Å². The number of hydrogen-bond acceptors (Lipinski definition) is 2. The van der Waals surface area contributed by atoms with Crippen molar-refractivity contribution in [2.24, 2.45) is 0 Å². The summed E-state index contributed by atoms with van der Waals surface area (Å²) in [6, 6.07) is 2.85. The minimum absolute atomic E-state index is 0.184. The van der Waals surface area contributed by atoms with Crippen LogP contribution in [-0.4, -0.2) is 15.6 Å². The van der Waals surface area contributed by atoms with Gasteiger partial charge in [0.1, 0.15) is 5.82 Å². The molecule has 0 aliphatic carbocycles. The van der Waals surface area contributed by atoms with Crippen molar-refractivity contribution in [3.63, 3.8) is 0 Å². The van der Waals surface area contributed by atoms with E-state index in [9.17, 15) is 22.7 Å². The lowest BCUT2D eigenvalue weighted by Crippen LogP contribution is -2.35. The number of thioether (sulfide) groups is 1. The minimum atomic E-state index is -4.74. The number of benzene rings is 1. The number of halogens is 4. The van der Waals surface area contributed by atoms with E-state index in [1.54, 1.807) is 11.8 Å². The third kappa shape index (κ3) is 2.44. The van der Waals surface area contributed by atoms with Crippen molar-refractivity contribution in [2.75, 3.05) is 0 Å². The van der Waals surface area contributed by atoms with Crippen LogP contribution in [0.5, 0.6) is 0 Å². The Morgan fingerprint density at radius 2 is 1.75 bits per heavy atom. The van der Waals surface area contributed by atoms with Gasteiger partial charge in [-0.2, -0.15) is 24.9 Å². The van der Waals surface area contributed by atoms with Crippen molar-refractivity contribution in [1.29, 1.82) is 0 Å². The van der Waals surface area contributed by atoms with E-state index in [1.807, 2.05) is 0 Å². The zero-order chi connectivity index (χ0) is 14.5. The summed E-state index contributed by atoms with van der Waals surface area (Å²) in [7, 11) is 0. The Bertz CT molecular complexity index is 516. The van der Waals surface area contributed by atoms with Crippen LogP contribution >= 0.6 is 11.8 Å². The molecule has 2 unspecified atom stereocenters.